The molecule has 4 heteroatoms. The largest absolute Gasteiger partial charge is 0.393 e. The summed E-state index contributed by atoms with van der Waals surface area (Å²) in [6.45, 7) is 4.46. The summed E-state index contributed by atoms with van der Waals surface area (Å²) in [4.78, 5) is 10.4. The summed E-state index contributed by atoms with van der Waals surface area (Å²) < 4.78 is 0. The van der Waals surface area contributed by atoms with E-state index in [0.29, 0.717) is 11.8 Å². The topological polar surface area (TPSA) is 63.4 Å². The van der Waals surface area contributed by atoms with Crippen molar-refractivity contribution < 1.29 is 10.0 Å². The predicted octanol–water partition coefficient (Wildman–Crippen LogP) is 3.57. The van der Waals surface area contributed by atoms with E-state index in [1.165, 1.54) is 6.07 Å². The van der Waals surface area contributed by atoms with E-state index in [4.69, 9.17) is 0 Å². The van der Waals surface area contributed by atoms with Crippen molar-refractivity contribution in [3.8, 4) is 0 Å². The molecule has 1 fully saturated rings. The summed E-state index contributed by atoms with van der Waals surface area (Å²) in [7, 11) is 0. The van der Waals surface area contributed by atoms with E-state index in [2.05, 4.69) is 13.8 Å². The van der Waals surface area contributed by atoms with Crippen molar-refractivity contribution in [2.24, 2.45) is 17.8 Å². The van der Waals surface area contributed by atoms with Gasteiger partial charge in [-0.3, -0.25) is 10.1 Å². The summed E-state index contributed by atoms with van der Waals surface area (Å²) >= 11 is 0. The van der Waals surface area contributed by atoms with Gasteiger partial charge in [-0.15, -0.1) is 0 Å². The number of nitrogens with zero attached hydrogens (tertiary/aromatic N) is 1. The Morgan fingerprint density at radius 2 is 2.15 bits per heavy atom. The van der Waals surface area contributed by atoms with Gasteiger partial charge in [0.1, 0.15) is 0 Å². The normalized spacial score (nSPS) is 26.7. The second-order valence-corrected chi connectivity index (χ2v) is 6.28. The molecule has 0 saturated heterocycles. The zero-order valence-electron chi connectivity index (χ0n) is 12.2. The standard InChI is InChI=1S/C16H23NO3/c1-11(2)13-6-7-16(18)14(10-13)8-12-4-3-5-15(9-12)17(19)20/h3-5,9,11,13-14,16,18H,6-8,10H2,1-2H3. The van der Waals surface area contributed by atoms with Crippen LogP contribution in [0.25, 0.3) is 0 Å². The van der Waals surface area contributed by atoms with Gasteiger partial charge in [-0.25, -0.2) is 0 Å². The van der Waals surface area contributed by atoms with E-state index in [-0.39, 0.29) is 22.6 Å². The number of benzene rings is 1. The minimum Gasteiger partial charge on any atom is -0.393 e. The van der Waals surface area contributed by atoms with Crippen molar-refractivity contribution in [1.82, 2.24) is 0 Å². The van der Waals surface area contributed by atoms with Crippen LogP contribution in [-0.4, -0.2) is 16.1 Å². The molecule has 0 amide bonds. The monoisotopic (exact) mass is 277 g/mol. The Kier molecular flexibility index (Phi) is 4.76. The summed E-state index contributed by atoms with van der Waals surface area (Å²) in [6, 6.07) is 6.78. The molecule has 110 valence electrons. The van der Waals surface area contributed by atoms with Gasteiger partial charge < -0.3 is 5.11 Å². The van der Waals surface area contributed by atoms with Gasteiger partial charge in [0.2, 0.25) is 0 Å². The molecular formula is C16H23NO3. The molecule has 1 aliphatic rings. The lowest BCUT2D eigenvalue weighted by Gasteiger charge is -2.35. The average molecular weight is 277 g/mol. The number of aliphatic hydroxyl groups is 1. The van der Waals surface area contributed by atoms with Crippen molar-refractivity contribution in [2.45, 2.75) is 45.6 Å². The Morgan fingerprint density at radius 1 is 1.40 bits per heavy atom. The number of rotatable bonds is 4. The molecule has 1 aromatic carbocycles. The van der Waals surface area contributed by atoms with Crippen LogP contribution < -0.4 is 0 Å². The Bertz CT molecular complexity index is 473. The molecule has 3 atom stereocenters. The average Bonchev–Trinajstić information content (AvgIpc) is 2.41. The highest BCUT2D eigenvalue weighted by Crippen LogP contribution is 2.35. The van der Waals surface area contributed by atoms with Gasteiger partial charge >= 0.3 is 0 Å². The lowest BCUT2D eigenvalue weighted by atomic mass is 9.73. The second kappa shape index (κ2) is 6.35. The maximum Gasteiger partial charge on any atom is 0.269 e. The van der Waals surface area contributed by atoms with Crippen LogP contribution in [0.5, 0.6) is 0 Å². The molecule has 1 aromatic rings. The fraction of sp³-hybridized carbons (Fsp3) is 0.625. The molecule has 0 radical (unpaired) electrons. The van der Waals surface area contributed by atoms with E-state index in [1.54, 1.807) is 12.1 Å². The van der Waals surface area contributed by atoms with Crippen LogP contribution in [0.15, 0.2) is 24.3 Å². The molecule has 0 heterocycles. The predicted molar refractivity (Wildman–Crippen MR) is 78.5 cm³/mol. The van der Waals surface area contributed by atoms with Gasteiger partial charge in [-0.1, -0.05) is 26.0 Å². The molecule has 4 nitrogen and oxygen atoms in total. The van der Waals surface area contributed by atoms with Crippen LogP contribution in [0.1, 0.15) is 38.7 Å². The molecule has 2 rings (SSSR count). The van der Waals surface area contributed by atoms with E-state index in [1.807, 2.05) is 6.07 Å². The van der Waals surface area contributed by atoms with Gasteiger partial charge in [0.05, 0.1) is 11.0 Å². The van der Waals surface area contributed by atoms with E-state index >= 15 is 0 Å². The van der Waals surface area contributed by atoms with Crippen LogP contribution in [0.4, 0.5) is 5.69 Å². The van der Waals surface area contributed by atoms with Crippen LogP contribution in [0.3, 0.4) is 0 Å². The molecule has 1 aliphatic carbocycles. The minimum absolute atomic E-state index is 0.133. The van der Waals surface area contributed by atoms with Crippen molar-refractivity contribution in [2.75, 3.05) is 0 Å². The zero-order valence-corrected chi connectivity index (χ0v) is 12.2. The SMILES string of the molecule is CC(C)C1CCC(O)C(Cc2cccc([N+](=O)[O-])c2)C1. The maximum absolute atomic E-state index is 10.8. The highest BCUT2D eigenvalue weighted by molar-refractivity contribution is 5.34. The quantitative estimate of drug-likeness (QED) is 0.676. The first-order valence-corrected chi connectivity index (χ1v) is 7.38. The maximum atomic E-state index is 10.8. The molecule has 20 heavy (non-hydrogen) atoms. The van der Waals surface area contributed by atoms with Gasteiger partial charge in [-0.2, -0.15) is 0 Å². The smallest absolute Gasteiger partial charge is 0.269 e. The third kappa shape index (κ3) is 3.57. The second-order valence-electron chi connectivity index (χ2n) is 6.28. The van der Waals surface area contributed by atoms with E-state index < -0.39 is 0 Å². The Hall–Kier alpha value is -1.42. The van der Waals surface area contributed by atoms with E-state index in [0.717, 1.165) is 31.2 Å². The summed E-state index contributed by atoms with van der Waals surface area (Å²) in [6.07, 6.45) is 3.41. The third-order valence-electron chi connectivity index (χ3n) is 4.54. The van der Waals surface area contributed by atoms with Crippen LogP contribution in [0.2, 0.25) is 0 Å². The fourth-order valence-electron chi connectivity index (χ4n) is 3.21. The van der Waals surface area contributed by atoms with Gasteiger partial charge in [0.15, 0.2) is 0 Å². The first kappa shape index (κ1) is 15.0. The molecule has 0 aliphatic heterocycles. The number of hydrogen-bond donors (Lipinski definition) is 1. The first-order valence-electron chi connectivity index (χ1n) is 7.38. The number of nitro groups is 1. The number of non-ortho nitro benzene ring substituents is 1. The molecular weight excluding hydrogens is 254 g/mol. The Labute approximate surface area is 120 Å². The van der Waals surface area contributed by atoms with Crippen LogP contribution >= 0.6 is 0 Å². The first-order chi connectivity index (χ1) is 9.47. The van der Waals surface area contributed by atoms with Crippen LogP contribution in [-0.2, 0) is 6.42 Å². The fourth-order valence-corrected chi connectivity index (χ4v) is 3.21. The van der Waals surface area contributed by atoms with Gasteiger partial charge in [-0.05, 0) is 49.0 Å². The van der Waals surface area contributed by atoms with E-state index in [9.17, 15) is 15.2 Å². The van der Waals surface area contributed by atoms with Crippen molar-refractivity contribution in [3.63, 3.8) is 0 Å². The minimum atomic E-state index is -0.363. The molecule has 1 saturated carbocycles. The summed E-state index contributed by atoms with van der Waals surface area (Å²) in [5, 5.41) is 21.0. The summed E-state index contributed by atoms with van der Waals surface area (Å²) in [5.74, 6) is 1.51. The Morgan fingerprint density at radius 3 is 2.80 bits per heavy atom. The highest BCUT2D eigenvalue weighted by Gasteiger charge is 2.30. The molecule has 1 N–H and O–H groups in total. The van der Waals surface area contributed by atoms with Crippen molar-refractivity contribution in [3.05, 3.63) is 39.9 Å². The molecule has 0 spiro atoms. The molecule has 0 bridgehead atoms. The third-order valence-corrected chi connectivity index (χ3v) is 4.54. The van der Waals surface area contributed by atoms with Crippen molar-refractivity contribution in [1.29, 1.82) is 0 Å². The Balaban J connectivity index is 2.07. The number of hydrogen-bond acceptors (Lipinski definition) is 3. The van der Waals surface area contributed by atoms with Crippen molar-refractivity contribution >= 4 is 5.69 Å². The molecule has 3 unspecified atom stereocenters. The lowest BCUT2D eigenvalue weighted by Crippen LogP contribution is -2.32. The van der Waals surface area contributed by atoms with Gasteiger partial charge in [0, 0.05) is 12.1 Å². The zero-order chi connectivity index (χ0) is 14.7. The van der Waals surface area contributed by atoms with Crippen LogP contribution in [0, 0.1) is 27.9 Å². The highest BCUT2D eigenvalue weighted by atomic mass is 16.6. The number of aliphatic hydroxyl groups excluding tert-OH is 1. The van der Waals surface area contributed by atoms with Gasteiger partial charge in [0.25, 0.3) is 5.69 Å². The molecule has 0 aromatic heterocycles. The lowest BCUT2D eigenvalue weighted by molar-refractivity contribution is -0.384. The summed E-state index contributed by atoms with van der Waals surface area (Å²) in [5.41, 5.74) is 1.08. The number of nitro benzene ring substituents is 1.